The first-order chi connectivity index (χ1) is 9.63. The molecule has 0 atom stereocenters. The minimum absolute atomic E-state index is 0.0432. The third-order valence-electron chi connectivity index (χ3n) is 2.78. The van der Waals surface area contributed by atoms with Gasteiger partial charge in [0, 0.05) is 12.7 Å². The average molecular weight is 309 g/mol. The van der Waals surface area contributed by atoms with E-state index in [1.807, 2.05) is 0 Å². The highest BCUT2D eigenvalue weighted by molar-refractivity contribution is 5.44. The molecule has 0 saturated carbocycles. The fourth-order valence-corrected chi connectivity index (χ4v) is 1.75. The zero-order valence-corrected chi connectivity index (χ0v) is 10.3. The number of rotatable bonds is 2. The van der Waals surface area contributed by atoms with Crippen molar-refractivity contribution in [2.45, 2.75) is 18.9 Å². The lowest BCUT2D eigenvalue weighted by atomic mass is 10.1. The van der Waals surface area contributed by atoms with Gasteiger partial charge in [-0.2, -0.15) is 31.4 Å². The molecule has 0 fully saturated rings. The van der Waals surface area contributed by atoms with Gasteiger partial charge in [-0.25, -0.2) is 4.68 Å². The molecule has 114 valence electrons. The summed E-state index contributed by atoms with van der Waals surface area (Å²) >= 11 is 0. The van der Waals surface area contributed by atoms with Crippen molar-refractivity contribution in [1.82, 2.24) is 9.78 Å². The van der Waals surface area contributed by atoms with Gasteiger partial charge in [0.2, 0.25) is 0 Å². The van der Waals surface area contributed by atoms with Gasteiger partial charge in [0.05, 0.1) is 23.0 Å². The van der Waals surface area contributed by atoms with E-state index in [4.69, 9.17) is 5.73 Å². The van der Waals surface area contributed by atoms with Gasteiger partial charge in [0.15, 0.2) is 0 Å². The van der Waals surface area contributed by atoms with Crippen LogP contribution in [0.4, 0.5) is 26.3 Å². The minimum atomic E-state index is -4.58. The molecule has 2 aromatic rings. The second-order valence-corrected chi connectivity index (χ2v) is 4.22. The Labute approximate surface area is 115 Å². The number of alkyl halides is 6. The molecule has 0 amide bonds. The molecule has 0 spiro atoms. The zero-order chi connectivity index (χ0) is 15.8. The van der Waals surface area contributed by atoms with E-state index < -0.39 is 23.5 Å². The average Bonchev–Trinajstić information content (AvgIpc) is 2.86. The Morgan fingerprint density at radius 2 is 1.62 bits per heavy atom. The molecule has 0 bridgehead atoms. The second-order valence-electron chi connectivity index (χ2n) is 4.22. The highest BCUT2D eigenvalue weighted by atomic mass is 19.4. The zero-order valence-electron chi connectivity index (χ0n) is 10.3. The van der Waals surface area contributed by atoms with E-state index in [1.165, 1.54) is 0 Å². The summed E-state index contributed by atoms with van der Waals surface area (Å²) in [5.41, 5.74) is 3.56. The van der Waals surface area contributed by atoms with Crippen molar-refractivity contribution in [3.05, 3.63) is 47.3 Å². The summed E-state index contributed by atoms with van der Waals surface area (Å²) in [6.07, 6.45) is -7.84. The summed E-state index contributed by atoms with van der Waals surface area (Å²) in [5, 5.41) is 3.51. The Kier molecular flexibility index (Phi) is 3.70. The largest absolute Gasteiger partial charge is 0.419 e. The van der Waals surface area contributed by atoms with Gasteiger partial charge in [-0.3, -0.25) is 0 Å². The maximum absolute atomic E-state index is 12.6. The Hall–Kier alpha value is -2.03. The fourth-order valence-electron chi connectivity index (χ4n) is 1.75. The maximum atomic E-state index is 12.6. The van der Waals surface area contributed by atoms with Crippen LogP contribution in [0.3, 0.4) is 0 Å². The van der Waals surface area contributed by atoms with Crippen LogP contribution in [-0.2, 0) is 18.9 Å². The van der Waals surface area contributed by atoms with Crippen LogP contribution in [0, 0.1) is 0 Å². The number of halogens is 6. The van der Waals surface area contributed by atoms with E-state index in [2.05, 4.69) is 5.10 Å². The van der Waals surface area contributed by atoms with Crippen molar-refractivity contribution in [3.63, 3.8) is 0 Å². The Bertz CT molecular complexity index is 641. The number of nitrogens with zero attached hydrogens (tertiary/aromatic N) is 2. The van der Waals surface area contributed by atoms with Crippen LogP contribution in [0.2, 0.25) is 0 Å². The summed E-state index contributed by atoms with van der Waals surface area (Å²) in [6, 6.07) is 2.60. The van der Waals surface area contributed by atoms with Crippen molar-refractivity contribution in [3.8, 4) is 5.69 Å². The first-order valence-electron chi connectivity index (χ1n) is 5.65. The second kappa shape index (κ2) is 5.06. The quantitative estimate of drug-likeness (QED) is 0.864. The van der Waals surface area contributed by atoms with E-state index >= 15 is 0 Å². The summed E-state index contributed by atoms with van der Waals surface area (Å²) < 4.78 is 76.1. The van der Waals surface area contributed by atoms with Crippen molar-refractivity contribution in [1.29, 1.82) is 0 Å². The van der Waals surface area contributed by atoms with Crippen LogP contribution < -0.4 is 5.73 Å². The standard InChI is InChI=1S/C12H9F6N3/c13-11(14,15)8-1-2-10(7(3-8)4-19)21-6-9(5-20-21)12(16,17)18/h1-3,5-6H,4,19H2. The Morgan fingerprint density at radius 3 is 2.10 bits per heavy atom. The fraction of sp³-hybridized carbons (Fsp3) is 0.250. The van der Waals surface area contributed by atoms with Crippen LogP contribution in [0.5, 0.6) is 0 Å². The van der Waals surface area contributed by atoms with Gasteiger partial charge in [-0.1, -0.05) is 0 Å². The predicted molar refractivity (Wildman–Crippen MR) is 61.5 cm³/mol. The molecule has 0 aliphatic rings. The van der Waals surface area contributed by atoms with E-state index in [0.29, 0.717) is 12.4 Å². The monoisotopic (exact) mass is 309 g/mol. The van der Waals surface area contributed by atoms with Crippen LogP contribution in [0.15, 0.2) is 30.6 Å². The lowest BCUT2D eigenvalue weighted by molar-refractivity contribution is -0.138. The highest BCUT2D eigenvalue weighted by Gasteiger charge is 2.33. The van der Waals surface area contributed by atoms with Gasteiger partial charge in [0.1, 0.15) is 0 Å². The third kappa shape index (κ3) is 3.18. The molecule has 0 aliphatic heterocycles. The predicted octanol–water partition coefficient (Wildman–Crippen LogP) is 3.37. The highest BCUT2D eigenvalue weighted by Crippen LogP contribution is 2.32. The molecule has 1 aromatic carbocycles. The number of hydrogen-bond acceptors (Lipinski definition) is 2. The molecule has 9 heteroatoms. The smallest absolute Gasteiger partial charge is 0.326 e. The molecule has 2 N–H and O–H groups in total. The normalized spacial score (nSPS) is 12.7. The molecule has 3 nitrogen and oxygen atoms in total. The molecule has 0 saturated heterocycles. The summed E-state index contributed by atoms with van der Waals surface area (Å²) in [4.78, 5) is 0. The summed E-state index contributed by atoms with van der Waals surface area (Å²) in [6.45, 7) is -0.263. The summed E-state index contributed by atoms with van der Waals surface area (Å²) in [5.74, 6) is 0. The van der Waals surface area contributed by atoms with Crippen LogP contribution >= 0.6 is 0 Å². The third-order valence-corrected chi connectivity index (χ3v) is 2.78. The summed E-state index contributed by atoms with van der Waals surface area (Å²) in [7, 11) is 0. The molecule has 0 unspecified atom stereocenters. The van der Waals surface area contributed by atoms with Gasteiger partial charge in [0.25, 0.3) is 0 Å². The van der Waals surface area contributed by atoms with Crippen LogP contribution in [-0.4, -0.2) is 9.78 Å². The molecule has 0 radical (unpaired) electrons. The number of aromatic nitrogens is 2. The van der Waals surface area contributed by atoms with Gasteiger partial charge in [-0.15, -0.1) is 0 Å². The van der Waals surface area contributed by atoms with Gasteiger partial charge >= 0.3 is 12.4 Å². The SMILES string of the molecule is NCc1cc(C(F)(F)F)ccc1-n1cc(C(F)(F)F)cn1. The number of benzene rings is 1. The van der Waals surface area contributed by atoms with E-state index in [9.17, 15) is 26.3 Å². The first kappa shape index (κ1) is 15.4. The Morgan fingerprint density at radius 1 is 1.00 bits per heavy atom. The lowest BCUT2D eigenvalue weighted by Gasteiger charge is -2.12. The topological polar surface area (TPSA) is 43.8 Å². The first-order valence-corrected chi connectivity index (χ1v) is 5.65. The molecule has 2 rings (SSSR count). The molecular formula is C12H9F6N3. The van der Waals surface area contributed by atoms with Crippen LogP contribution in [0.25, 0.3) is 5.69 Å². The molecule has 1 aromatic heterocycles. The Balaban J connectivity index is 2.47. The van der Waals surface area contributed by atoms with Crippen molar-refractivity contribution in [2.75, 3.05) is 0 Å². The molecular weight excluding hydrogens is 300 g/mol. The van der Waals surface area contributed by atoms with E-state index in [-0.39, 0.29) is 17.8 Å². The number of hydrogen-bond donors (Lipinski definition) is 1. The van der Waals surface area contributed by atoms with Gasteiger partial charge in [-0.05, 0) is 23.8 Å². The van der Waals surface area contributed by atoms with Crippen molar-refractivity contribution < 1.29 is 26.3 Å². The van der Waals surface area contributed by atoms with E-state index in [1.54, 1.807) is 0 Å². The molecule has 21 heavy (non-hydrogen) atoms. The number of nitrogens with two attached hydrogens (primary N) is 1. The maximum Gasteiger partial charge on any atom is 0.419 e. The minimum Gasteiger partial charge on any atom is -0.326 e. The van der Waals surface area contributed by atoms with Crippen molar-refractivity contribution in [2.24, 2.45) is 5.73 Å². The lowest BCUT2D eigenvalue weighted by Crippen LogP contribution is -2.10. The molecule has 0 aliphatic carbocycles. The molecule has 1 heterocycles. The van der Waals surface area contributed by atoms with E-state index in [0.717, 1.165) is 22.9 Å². The van der Waals surface area contributed by atoms with Crippen LogP contribution in [0.1, 0.15) is 16.7 Å². The van der Waals surface area contributed by atoms with Crippen molar-refractivity contribution >= 4 is 0 Å². The van der Waals surface area contributed by atoms with Gasteiger partial charge < -0.3 is 5.73 Å².